The molecule has 1 unspecified atom stereocenters. The van der Waals surface area contributed by atoms with Crippen LogP contribution in [0.5, 0.6) is 0 Å². The number of urea groups is 1. The number of aliphatic carboxylic acids is 1. The van der Waals surface area contributed by atoms with Gasteiger partial charge in [0.15, 0.2) is 0 Å². The van der Waals surface area contributed by atoms with Gasteiger partial charge in [0.05, 0.1) is 0 Å². The summed E-state index contributed by atoms with van der Waals surface area (Å²) >= 11 is 0. The third-order valence-corrected chi connectivity index (χ3v) is 2.71. The highest BCUT2D eigenvalue weighted by Gasteiger charge is 2.37. The van der Waals surface area contributed by atoms with Crippen molar-refractivity contribution >= 4 is 12.0 Å². The second-order valence-electron chi connectivity index (χ2n) is 4.71. The second kappa shape index (κ2) is 6.44. The topological polar surface area (TPSA) is 81.7 Å². The summed E-state index contributed by atoms with van der Waals surface area (Å²) in [5.74, 6) is -0.837. The molecular formula is C11H21N3O3. The van der Waals surface area contributed by atoms with Gasteiger partial charge in [0.1, 0.15) is 6.04 Å². The molecule has 0 bridgehead atoms. The third kappa shape index (κ3) is 5.53. The lowest BCUT2D eigenvalue weighted by atomic mass is 10.2. The zero-order valence-corrected chi connectivity index (χ0v) is 10.4. The van der Waals surface area contributed by atoms with E-state index in [1.165, 1.54) is 0 Å². The molecule has 0 aromatic rings. The first-order valence-electron chi connectivity index (χ1n) is 5.92. The van der Waals surface area contributed by atoms with Gasteiger partial charge < -0.3 is 20.6 Å². The zero-order valence-electron chi connectivity index (χ0n) is 10.4. The minimum absolute atomic E-state index is 0.111. The van der Waals surface area contributed by atoms with Crippen LogP contribution in [0.15, 0.2) is 0 Å². The van der Waals surface area contributed by atoms with E-state index >= 15 is 0 Å². The fourth-order valence-corrected chi connectivity index (χ4v) is 1.60. The van der Waals surface area contributed by atoms with Crippen molar-refractivity contribution in [3.8, 4) is 0 Å². The summed E-state index contributed by atoms with van der Waals surface area (Å²) in [5.41, 5.74) is 0. The largest absolute Gasteiger partial charge is 0.480 e. The molecule has 0 aliphatic heterocycles. The van der Waals surface area contributed by atoms with Crippen molar-refractivity contribution in [1.82, 2.24) is 15.5 Å². The Hall–Kier alpha value is -1.30. The summed E-state index contributed by atoms with van der Waals surface area (Å²) in [6.07, 6.45) is 2.62. The lowest BCUT2D eigenvalue weighted by molar-refractivity contribution is -0.139. The van der Waals surface area contributed by atoms with Gasteiger partial charge in [-0.15, -0.1) is 0 Å². The molecule has 2 amide bonds. The molecule has 6 nitrogen and oxygen atoms in total. The van der Waals surface area contributed by atoms with Crippen LogP contribution in [0.2, 0.25) is 0 Å². The van der Waals surface area contributed by atoms with Gasteiger partial charge in [-0.25, -0.2) is 9.59 Å². The smallest absolute Gasteiger partial charge is 0.326 e. The van der Waals surface area contributed by atoms with Crippen LogP contribution in [0.3, 0.4) is 0 Å². The molecule has 1 aliphatic rings. The highest BCUT2D eigenvalue weighted by atomic mass is 16.4. The van der Waals surface area contributed by atoms with Crippen molar-refractivity contribution in [2.75, 3.05) is 27.2 Å². The lowest BCUT2D eigenvalue weighted by Gasteiger charge is -2.15. The van der Waals surface area contributed by atoms with Crippen LogP contribution in [-0.4, -0.2) is 55.2 Å². The van der Waals surface area contributed by atoms with Gasteiger partial charge in [-0.1, -0.05) is 0 Å². The molecule has 0 heterocycles. The average molecular weight is 243 g/mol. The van der Waals surface area contributed by atoms with Crippen molar-refractivity contribution in [1.29, 1.82) is 0 Å². The van der Waals surface area contributed by atoms with E-state index in [1.807, 2.05) is 19.0 Å². The number of carboxylic acid groups (broad SMARTS) is 1. The Morgan fingerprint density at radius 2 is 2.06 bits per heavy atom. The van der Waals surface area contributed by atoms with Gasteiger partial charge in [-0.05, 0) is 45.8 Å². The normalized spacial score (nSPS) is 16.6. The standard InChI is InChI=1S/C11H21N3O3/c1-14(2)7-3-6-12-11(17)13-9(10(15)16)8-4-5-8/h8-9H,3-7H2,1-2H3,(H,15,16)(H2,12,13,17). The molecule has 6 heteroatoms. The maximum atomic E-state index is 11.4. The van der Waals surface area contributed by atoms with E-state index in [0.29, 0.717) is 6.54 Å². The molecule has 0 spiro atoms. The van der Waals surface area contributed by atoms with Crippen LogP contribution in [0.4, 0.5) is 4.79 Å². The van der Waals surface area contributed by atoms with Crippen molar-refractivity contribution in [2.45, 2.75) is 25.3 Å². The fraction of sp³-hybridized carbons (Fsp3) is 0.818. The van der Waals surface area contributed by atoms with Crippen molar-refractivity contribution < 1.29 is 14.7 Å². The quantitative estimate of drug-likeness (QED) is 0.554. The monoisotopic (exact) mass is 243 g/mol. The van der Waals surface area contributed by atoms with Crippen LogP contribution in [0.25, 0.3) is 0 Å². The lowest BCUT2D eigenvalue weighted by Crippen LogP contribution is -2.47. The highest BCUT2D eigenvalue weighted by Crippen LogP contribution is 2.32. The Morgan fingerprint density at radius 3 is 2.53 bits per heavy atom. The van der Waals surface area contributed by atoms with Gasteiger partial charge in [0, 0.05) is 6.54 Å². The van der Waals surface area contributed by atoms with E-state index < -0.39 is 12.0 Å². The molecule has 0 aromatic heterocycles. The summed E-state index contributed by atoms with van der Waals surface area (Å²) in [4.78, 5) is 24.4. The highest BCUT2D eigenvalue weighted by molar-refractivity contribution is 5.83. The van der Waals surface area contributed by atoms with Crippen LogP contribution in [0, 0.1) is 5.92 Å². The number of nitrogens with one attached hydrogen (secondary N) is 2. The number of hydrogen-bond donors (Lipinski definition) is 3. The van der Waals surface area contributed by atoms with Crippen molar-refractivity contribution in [3.05, 3.63) is 0 Å². The van der Waals surface area contributed by atoms with E-state index in [1.54, 1.807) is 0 Å². The van der Waals surface area contributed by atoms with E-state index in [-0.39, 0.29) is 11.9 Å². The molecule has 0 aromatic carbocycles. The number of carbonyl (C=O) groups is 2. The Bertz CT molecular complexity index is 277. The summed E-state index contributed by atoms with van der Waals surface area (Å²) in [6.45, 7) is 1.45. The molecule has 3 N–H and O–H groups in total. The molecule has 98 valence electrons. The molecular weight excluding hydrogens is 222 g/mol. The molecule has 0 saturated heterocycles. The number of carboxylic acids is 1. The maximum absolute atomic E-state index is 11.4. The van der Waals surface area contributed by atoms with E-state index in [4.69, 9.17) is 5.11 Å². The Balaban J connectivity index is 2.16. The maximum Gasteiger partial charge on any atom is 0.326 e. The number of nitrogens with zero attached hydrogens (tertiary/aromatic N) is 1. The van der Waals surface area contributed by atoms with E-state index in [2.05, 4.69) is 10.6 Å². The summed E-state index contributed by atoms with van der Waals surface area (Å²) in [6, 6.07) is -1.12. The molecule has 17 heavy (non-hydrogen) atoms. The predicted molar refractivity (Wildman–Crippen MR) is 63.9 cm³/mol. The number of rotatable bonds is 7. The molecule has 1 atom stereocenters. The third-order valence-electron chi connectivity index (χ3n) is 2.71. The summed E-state index contributed by atoms with van der Waals surface area (Å²) in [5, 5.41) is 14.1. The minimum atomic E-state index is -0.948. The van der Waals surface area contributed by atoms with Crippen molar-refractivity contribution in [3.63, 3.8) is 0 Å². The molecule has 1 saturated carbocycles. The van der Waals surface area contributed by atoms with E-state index in [9.17, 15) is 9.59 Å². The Morgan fingerprint density at radius 1 is 1.41 bits per heavy atom. The van der Waals surface area contributed by atoms with Crippen LogP contribution >= 0.6 is 0 Å². The van der Waals surface area contributed by atoms with Gasteiger partial charge in [0.25, 0.3) is 0 Å². The van der Waals surface area contributed by atoms with Gasteiger partial charge >= 0.3 is 12.0 Å². The molecule has 1 aliphatic carbocycles. The second-order valence-corrected chi connectivity index (χ2v) is 4.71. The average Bonchev–Trinajstić information content (AvgIpc) is 3.04. The van der Waals surface area contributed by atoms with Crippen molar-refractivity contribution in [2.24, 2.45) is 5.92 Å². The minimum Gasteiger partial charge on any atom is -0.480 e. The summed E-state index contributed by atoms with van der Waals surface area (Å²) in [7, 11) is 3.93. The summed E-state index contributed by atoms with van der Waals surface area (Å²) < 4.78 is 0. The Kier molecular flexibility index (Phi) is 5.21. The van der Waals surface area contributed by atoms with Gasteiger partial charge in [-0.3, -0.25) is 0 Å². The zero-order chi connectivity index (χ0) is 12.8. The first-order chi connectivity index (χ1) is 8.00. The van der Waals surface area contributed by atoms with E-state index in [0.717, 1.165) is 25.8 Å². The molecule has 1 fully saturated rings. The van der Waals surface area contributed by atoms with Crippen LogP contribution in [-0.2, 0) is 4.79 Å². The SMILES string of the molecule is CN(C)CCCNC(=O)NC(C(=O)O)C1CC1. The van der Waals surface area contributed by atoms with Gasteiger partial charge in [0.2, 0.25) is 0 Å². The predicted octanol–water partition coefficient (Wildman–Crippen LogP) is 0.101. The number of carbonyl (C=O) groups excluding carboxylic acids is 1. The number of amides is 2. The first kappa shape index (κ1) is 13.8. The van der Waals surface area contributed by atoms with Crippen LogP contribution < -0.4 is 10.6 Å². The molecule has 0 radical (unpaired) electrons. The van der Waals surface area contributed by atoms with Gasteiger partial charge in [-0.2, -0.15) is 0 Å². The Labute approximate surface area is 101 Å². The number of hydrogen-bond acceptors (Lipinski definition) is 3. The molecule has 1 rings (SSSR count). The van der Waals surface area contributed by atoms with Crippen LogP contribution in [0.1, 0.15) is 19.3 Å². The first-order valence-corrected chi connectivity index (χ1v) is 5.92. The fourth-order valence-electron chi connectivity index (χ4n) is 1.60.